The molecule has 2 aliphatic heterocycles. The van der Waals surface area contributed by atoms with Crippen LogP contribution in [0.2, 0.25) is 0 Å². The lowest BCUT2D eigenvalue weighted by Crippen LogP contribution is -2.58. The molecule has 230 valence electrons. The van der Waals surface area contributed by atoms with Gasteiger partial charge < -0.3 is 35.2 Å². The number of halogens is 2. The Morgan fingerprint density at radius 1 is 0.791 bits per heavy atom. The van der Waals surface area contributed by atoms with Gasteiger partial charge in [0.25, 0.3) is 0 Å². The second-order valence-electron chi connectivity index (χ2n) is 11.4. The molecule has 8 nitrogen and oxygen atoms in total. The number of rotatable bonds is 11. The van der Waals surface area contributed by atoms with Crippen LogP contribution < -0.4 is 4.90 Å². The summed E-state index contributed by atoms with van der Waals surface area (Å²) in [7, 11) is 0. The number of hydrogen-bond acceptors (Lipinski definition) is 7. The number of carbonyl (C=O) groups excluding carboxylic acids is 1. The summed E-state index contributed by atoms with van der Waals surface area (Å²) in [5.74, 6) is -1.32. The third-order valence-electron chi connectivity index (χ3n) is 8.59. The van der Waals surface area contributed by atoms with Gasteiger partial charge in [-0.1, -0.05) is 36.4 Å². The van der Waals surface area contributed by atoms with Gasteiger partial charge in [0.05, 0.1) is 30.8 Å². The second-order valence-corrected chi connectivity index (χ2v) is 11.4. The lowest BCUT2D eigenvalue weighted by Gasteiger charge is -2.48. The lowest BCUT2D eigenvalue weighted by atomic mass is 9.78. The maximum absolute atomic E-state index is 13.6. The van der Waals surface area contributed by atoms with Crippen molar-refractivity contribution in [2.45, 2.75) is 74.8 Å². The van der Waals surface area contributed by atoms with E-state index in [1.165, 1.54) is 36.4 Å². The Kier molecular flexibility index (Phi) is 9.85. The van der Waals surface area contributed by atoms with Crippen LogP contribution in [0.5, 0.6) is 0 Å². The molecule has 8 atom stereocenters. The summed E-state index contributed by atoms with van der Waals surface area (Å²) in [5, 5.41) is 50.4. The highest BCUT2D eigenvalue weighted by molar-refractivity contribution is 6.03. The van der Waals surface area contributed by atoms with Gasteiger partial charge in [-0.3, -0.25) is 4.79 Å². The third kappa shape index (κ3) is 6.80. The summed E-state index contributed by atoms with van der Waals surface area (Å²) >= 11 is 0. The van der Waals surface area contributed by atoms with Crippen LogP contribution in [0.25, 0.3) is 0 Å². The zero-order valence-corrected chi connectivity index (χ0v) is 23.5. The molecule has 0 bridgehead atoms. The molecule has 2 fully saturated rings. The lowest BCUT2D eigenvalue weighted by molar-refractivity contribution is -0.230. The number of aryl methyl sites for hydroxylation is 1. The van der Waals surface area contributed by atoms with E-state index in [4.69, 9.17) is 4.74 Å². The fourth-order valence-electron chi connectivity index (χ4n) is 6.10. The first kappa shape index (κ1) is 31.2. The average molecular weight is 598 g/mol. The van der Waals surface area contributed by atoms with Crippen molar-refractivity contribution in [3.63, 3.8) is 0 Å². The Morgan fingerprint density at radius 3 is 2.02 bits per heavy atom. The molecule has 3 aromatic carbocycles. The van der Waals surface area contributed by atoms with Crippen LogP contribution in [0, 0.1) is 17.6 Å². The second kappa shape index (κ2) is 13.6. The van der Waals surface area contributed by atoms with E-state index >= 15 is 0 Å². The molecule has 0 aliphatic carbocycles. The van der Waals surface area contributed by atoms with Crippen LogP contribution in [0.3, 0.4) is 0 Å². The molecule has 2 heterocycles. The molecule has 3 aromatic rings. The van der Waals surface area contributed by atoms with E-state index in [9.17, 15) is 39.1 Å². The summed E-state index contributed by atoms with van der Waals surface area (Å²) in [4.78, 5) is 15.0. The van der Waals surface area contributed by atoms with Gasteiger partial charge in [-0.05, 0) is 85.2 Å². The van der Waals surface area contributed by atoms with Gasteiger partial charge in [0.1, 0.15) is 36.1 Å². The Morgan fingerprint density at radius 2 is 1.40 bits per heavy atom. The maximum Gasteiger partial charge on any atom is 0.233 e. The molecule has 1 amide bonds. The van der Waals surface area contributed by atoms with E-state index in [0.29, 0.717) is 43.4 Å². The average Bonchev–Trinajstić information content (AvgIpc) is 3.01. The highest BCUT2D eigenvalue weighted by atomic mass is 19.1. The molecule has 5 N–H and O–H groups in total. The minimum absolute atomic E-state index is 0.119. The number of β-lactam (4-membered cyclic amide) rings is 1. The fraction of sp³-hybridized carbons (Fsp3) is 0.424. The molecule has 5 rings (SSSR count). The Hall–Kier alpha value is -3.25. The van der Waals surface area contributed by atoms with Gasteiger partial charge in [0, 0.05) is 5.69 Å². The van der Waals surface area contributed by atoms with Crippen molar-refractivity contribution in [1.82, 2.24) is 0 Å². The van der Waals surface area contributed by atoms with Gasteiger partial charge in [-0.15, -0.1) is 0 Å². The molecular formula is C33H37F2NO7. The van der Waals surface area contributed by atoms with E-state index in [2.05, 4.69) is 0 Å². The van der Waals surface area contributed by atoms with E-state index in [1.54, 1.807) is 17.0 Å². The molecule has 0 saturated carbocycles. The van der Waals surface area contributed by atoms with Crippen molar-refractivity contribution >= 4 is 11.6 Å². The van der Waals surface area contributed by atoms with Crippen molar-refractivity contribution in [2.24, 2.45) is 5.92 Å². The SMILES string of the molecule is O=C1[C@H](CC[C@H](O)c2ccc(F)cc2)[C@@H](c2ccc(CCC[C@@H]3O[C@H](CO)[C@@H](O)[C@H](O)[C@H]3O)cc2)N1c1ccc(F)cc1. The number of amides is 1. The Bertz CT molecular complexity index is 1350. The first-order chi connectivity index (χ1) is 20.7. The van der Waals surface area contributed by atoms with Gasteiger partial charge in [0.2, 0.25) is 5.91 Å². The van der Waals surface area contributed by atoms with Crippen LogP contribution >= 0.6 is 0 Å². The van der Waals surface area contributed by atoms with Crippen LogP contribution in [-0.2, 0) is 16.0 Å². The first-order valence-electron chi connectivity index (χ1n) is 14.6. The predicted octanol–water partition coefficient (Wildman–Crippen LogP) is 3.35. The van der Waals surface area contributed by atoms with Gasteiger partial charge in [-0.2, -0.15) is 0 Å². The largest absolute Gasteiger partial charge is 0.394 e. The molecule has 0 unspecified atom stereocenters. The molecule has 2 aliphatic rings. The summed E-state index contributed by atoms with van der Waals surface area (Å²) < 4.78 is 32.5. The van der Waals surface area contributed by atoms with Gasteiger partial charge >= 0.3 is 0 Å². The zero-order valence-electron chi connectivity index (χ0n) is 23.5. The molecule has 0 aromatic heterocycles. The number of nitrogens with zero attached hydrogens (tertiary/aromatic N) is 1. The number of aliphatic hydroxyl groups is 5. The van der Waals surface area contributed by atoms with Gasteiger partial charge in [0.15, 0.2) is 0 Å². The van der Waals surface area contributed by atoms with Crippen LogP contribution in [-0.4, -0.2) is 68.6 Å². The molecular weight excluding hydrogens is 560 g/mol. The van der Waals surface area contributed by atoms with Crippen molar-refractivity contribution in [3.05, 3.63) is 101 Å². The molecule has 0 spiro atoms. The van der Waals surface area contributed by atoms with Crippen LogP contribution in [0.1, 0.15) is 54.5 Å². The maximum atomic E-state index is 13.6. The van der Waals surface area contributed by atoms with Crippen molar-refractivity contribution in [1.29, 1.82) is 0 Å². The summed E-state index contributed by atoms with van der Waals surface area (Å²) in [6, 6.07) is 18.9. The quantitative estimate of drug-likeness (QED) is 0.214. The normalized spacial score (nSPS) is 28.0. The first-order valence-corrected chi connectivity index (χ1v) is 14.6. The van der Waals surface area contributed by atoms with Gasteiger partial charge in [-0.25, -0.2) is 8.78 Å². The minimum Gasteiger partial charge on any atom is -0.394 e. The number of benzene rings is 3. The zero-order chi connectivity index (χ0) is 30.7. The molecule has 43 heavy (non-hydrogen) atoms. The number of anilines is 1. The molecule has 10 heteroatoms. The Labute approximate surface area is 248 Å². The van der Waals surface area contributed by atoms with E-state index in [1.807, 2.05) is 24.3 Å². The standard InChI is InChI=1S/C33H37F2NO7/c34-22-10-8-20(9-11-22)26(38)17-16-25-29(36(33(25)42)24-14-12-23(35)13-15-24)21-6-4-19(5-7-21)2-1-3-27-30(39)32(41)31(40)28(18-37)43-27/h4-15,25-32,37-41H,1-3,16-18H2/t25-,26+,27+,28-,29-,30+,31-,32-/m1/s1. The summed E-state index contributed by atoms with van der Waals surface area (Å²) in [6.07, 6.45) is -4.13. The number of hydrogen-bond donors (Lipinski definition) is 5. The number of carbonyl (C=O) groups is 1. The monoisotopic (exact) mass is 597 g/mol. The Balaban J connectivity index is 1.25. The van der Waals surface area contributed by atoms with Crippen LogP contribution in [0.15, 0.2) is 72.8 Å². The van der Waals surface area contributed by atoms with Crippen molar-refractivity contribution in [2.75, 3.05) is 11.5 Å². The minimum atomic E-state index is -1.39. The smallest absolute Gasteiger partial charge is 0.233 e. The van der Waals surface area contributed by atoms with Crippen molar-refractivity contribution < 1.29 is 43.8 Å². The van der Waals surface area contributed by atoms with Crippen molar-refractivity contribution in [3.8, 4) is 0 Å². The summed E-state index contributed by atoms with van der Waals surface area (Å²) in [6.45, 7) is -0.465. The van der Waals surface area contributed by atoms with E-state index in [-0.39, 0.29) is 11.9 Å². The highest BCUT2D eigenvalue weighted by Crippen LogP contribution is 2.46. The number of ether oxygens (including phenoxy) is 1. The topological polar surface area (TPSA) is 131 Å². The predicted molar refractivity (Wildman–Crippen MR) is 154 cm³/mol. The fourth-order valence-corrected chi connectivity index (χ4v) is 6.10. The van der Waals surface area contributed by atoms with E-state index in [0.717, 1.165) is 11.1 Å². The molecule has 0 radical (unpaired) electrons. The van der Waals surface area contributed by atoms with E-state index < -0.39 is 60.8 Å². The van der Waals surface area contributed by atoms with Crippen LogP contribution in [0.4, 0.5) is 14.5 Å². The number of aliphatic hydroxyl groups excluding tert-OH is 5. The molecule has 2 saturated heterocycles. The third-order valence-corrected chi connectivity index (χ3v) is 8.59. The summed E-state index contributed by atoms with van der Waals surface area (Å²) in [5.41, 5.74) is 3.06. The highest BCUT2D eigenvalue weighted by Gasteiger charge is 2.48.